The zero-order valence-corrected chi connectivity index (χ0v) is 9.80. The highest BCUT2D eigenvalue weighted by Crippen LogP contribution is 2.37. The molecule has 0 amide bonds. The van der Waals surface area contributed by atoms with E-state index < -0.39 is 5.97 Å². The Morgan fingerprint density at radius 1 is 1.60 bits per heavy atom. The minimum absolute atomic E-state index is 0.0682. The van der Waals surface area contributed by atoms with E-state index in [0.29, 0.717) is 11.8 Å². The fraction of sp³-hybridized carbons (Fsp3) is 0.636. The molecule has 0 aromatic carbocycles. The van der Waals surface area contributed by atoms with Crippen molar-refractivity contribution in [2.75, 3.05) is 0 Å². The van der Waals surface area contributed by atoms with Gasteiger partial charge in [-0.25, -0.2) is 4.98 Å². The topological polar surface area (TPSA) is 50.2 Å². The molecule has 0 saturated carbocycles. The van der Waals surface area contributed by atoms with E-state index in [1.54, 1.807) is 11.3 Å². The first kappa shape index (κ1) is 10.6. The third-order valence-corrected chi connectivity index (χ3v) is 4.15. The first-order chi connectivity index (χ1) is 7.06. The van der Waals surface area contributed by atoms with Gasteiger partial charge in [-0.05, 0) is 24.7 Å². The molecule has 1 N–H and O–H groups in total. The van der Waals surface area contributed by atoms with E-state index in [1.807, 2.05) is 0 Å². The summed E-state index contributed by atoms with van der Waals surface area (Å²) in [6.45, 7) is 4.44. The molecule has 0 spiro atoms. The summed E-state index contributed by atoms with van der Waals surface area (Å²) in [5.41, 5.74) is 1.14. The van der Waals surface area contributed by atoms with E-state index in [0.717, 1.165) is 17.1 Å². The van der Waals surface area contributed by atoms with Crippen molar-refractivity contribution >= 4 is 17.3 Å². The third-order valence-electron chi connectivity index (χ3n) is 2.82. The van der Waals surface area contributed by atoms with Crippen molar-refractivity contribution in [2.45, 2.75) is 39.0 Å². The number of carboxylic acids is 1. The van der Waals surface area contributed by atoms with Crippen LogP contribution in [0.1, 0.15) is 41.8 Å². The summed E-state index contributed by atoms with van der Waals surface area (Å²) in [6.07, 6.45) is 2.27. The number of rotatable bonds is 2. The van der Waals surface area contributed by atoms with Crippen LogP contribution in [0.5, 0.6) is 0 Å². The third kappa shape index (κ3) is 2.20. The Hall–Kier alpha value is -0.900. The number of aliphatic carboxylic acids is 1. The SMILES string of the molecule is CC1Cc2nc(CC(=O)O)sc2C(C)C1. The Bertz CT molecular complexity index is 386. The molecule has 1 heterocycles. The summed E-state index contributed by atoms with van der Waals surface area (Å²) in [6, 6.07) is 0. The molecule has 2 rings (SSSR count). The Morgan fingerprint density at radius 2 is 2.33 bits per heavy atom. The molecule has 0 aliphatic heterocycles. The lowest BCUT2D eigenvalue weighted by Crippen LogP contribution is -2.13. The molecule has 4 heteroatoms. The average Bonchev–Trinajstić information content (AvgIpc) is 2.45. The summed E-state index contributed by atoms with van der Waals surface area (Å²) >= 11 is 1.58. The van der Waals surface area contributed by atoms with E-state index in [4.69, 9.17) is 5.11 Å². The second-order valence-electron chi connectivity index (χ2n) is 4.44. The number of hydrogen-bond donors (Lipinski definition) is 1. The number of hydrogen-bond acceptors (Lipinski definition) is 3. The predicted octanol–water partition coefficient (Wildman–Crippen LogP) is 2.46. The lowest BCUT2D eigenvalue weighted by molar-refractivity contribution is -0.136. The second-order valence-corrected chi connectivity index (χ2v) is 5.55. The molecule has 0 radical (unpaired) electrons. The lowest BCUT2D eigenvalue weighted by Gasteiger charge is -2.22. The van der Waals surface area contributed by atoms with Gasteiger partial charge in [0.25, 0.3) is 0 Å². The minimum atomic E-state index is -0.790. The van der Waals surface area contributed by atoms with Gasteiger partial charge in [0.15, 0.2) is 0 Å². The zero-order chi connectivity index (χ0) is 11.0. The van der Waals surface area contributed by atoms with Gasteiger partial charge in [-0.2, -0.15) is 0 Å². The highest BCUT2D eigenvalue weighted by Gasteiger charge is 2.25. The first-order valence-corrected chi connectivity index (χ1v) is 6.08. The summed E-state index contributed by atoms with van der Waals surface area (Å²) in [4.78, 5) is 16.3. The maximum absolute atomic E-state index is 10.6. The van der Waals surface area contributed by atoms with Crippen LogP contribution in [0.25, 0.3) is 0 Å². The summed E-state index contributed by atoms with van der Waals surface area (Å²) < 4.78 is 0. The van der Waals surface area contributed by atoms with Gasteiger partial charge in [0.1, 0.15) is 5.01 Å². The quantitative estimate of drug-likeness (QED) is 0.841. The lowest BCUT2D eigenvalue weighted by atomic mass is 9.86. The van der Waals surface area contributed by atoms with Gasteiger partial charge in [0, 0.05) is 4.88 Å². The number of carboxylic acid groups (broad SMARTS) is 1. The van der Waals surface area contributed by atoms with Crippen LogP contribution in [0.15, 0.2) is 0 Å². The molecule has 82 valence electrons. The maximum atomic E-state index is 10.6. The van der Waals surface area contributed by atoms with Gasteiger partial charge in [-0.15, -0.1) is 11.3 Å². The molecule has 1 aromatic heterocycles. The molecule has 0 bridgehead atoms. The summed E-state index contributed by atoms with van der Waals surface area (Å²) in [5, 5.41) is 9.47. The number of fused-ring (bicyclic) bond motifs is 1. The molecular weight excluding hydrogens is 210 g/mol. The normalized spacial score (nSPS) is 24.9. The highest BCUT2D eigenvalue weighted by molar-refractivity contribution is 7.12. The van der Waals surface area contributed by atoms with E-state index in [2.05, 4.69) is 18.8 Å². The Kier molecular flexibility index (Phi) is 2.78. The number of thiazole rings is 1. The van der Waals surface area contributed by atoms with Gasteiger partial charge in [-0.3, -0.25) is 4.79 Å². The maximum Gasteiger partial charge on any atom is 0.310 e. The van der Waals surface area contributed by atoms with Crippen molar-refractivity contribution in [3.63, 3.8) is 0 Å². The number of carbonyl (C=O) groups is 1. The van der Waals surface area contributed by atoms with Gasteiger partial charge < -0.3 is 5.11 Å². The average molecular weight is 225 g/mol. The van der Waals surface area contributed by atoms with Crippen LogP contribution >= 0.6 is 11.3 Å². The van der Waals surface area contributed by atoms with Crippen molar-refractivity contribution in [2.24, 2.45) is 5.92 Å². The van der Waals surface area contributed by atoms with Crippen LogP contribution in [-0.2, 0) is 17.6 Å². The first-order valence-electron chi connectivity index (χ1n) is 5.26. The molecule has 15 heavy (non-hydrogen) atoms. The van der Waals surface area contributed by atoms with Gasteiger partial charge in [-0.1, -0.05) is 13.8 Å². The van der Waals surface area contributed by atoms with Crippen LogP contribution in [0.4, 0.5) is 0 Å². The van der Waals surface area contributed by atoms with Crippen molar-refractivity contribution in [1.82, 2.24) is 4.98 Å². The minimum Gasteiger partial charge on any atom is -0.481 e. The molecule has 2 atom stereocenters. The second kappa shape index (κ2) is 3.93. The van der Waals surface area contributed by atoms with Crippen molar-refractivity contribution < 1.29 is 9.90 Å². The van der Waals surface area contributed by atoms with Crippen LogP contribution in [0.3, 0.4) is 0 Å². The Balaban J connectivity index is 2.26. The van der Waals surface area contributed by atoms with Crippen LogP contribution in [-0.4, -0.2) is 16.1 Å². The Labute approximate surface area is 93.2 Å². The predicted molar refractivity (Wildman–Crippen MR) is 59.4 cm³/mol. The monoisotopic (exact) mass is 225 g/mol. The van der Waals surface area contributed by atoms with Gasteiger partial charge in [0.05, 0.1) is 12.1 Å². The standard InChI is InChI=1S/C11H15NO2S/c1-6-3-7(2)11-8(4-6)12-9(15-11)5-10(13)14/h6-7H,3-5H2,1-2H3,(H,13,14). The van der Waals surface area contributed by atoms with Crippen LogP contribution in [0, 0.1) is 5.92 Å². The van der Waals surface area contributed by atoms with E-state index in [9.17, 15) is 4.79 Å². The fourth-order valence-corrected chi connectivity index (χ4v) is 3.42. The van der Waals surface area contributed by atoms with E-state index >= 15 is 0 Å². The molecule has 1 aromatic rings. The van der Waals surface area contributed by atoms with Crippen molar-refractivity contribution in [3.8, 4) is 0 Å². The molecule has 1 aliphatic carbocycles. The van der Waals surface area contributed by atoms with Gasteiger partial charge in [0.2, 0.25) is 0 Å². The molecular formula is C11H15NO2S. The fourth-order valence-electron chi connectivity index (χ4n) is 2.27. The number of aromatic nitrogens is 1. The number of nitrogens with zero attached hydrogens (tertiary/aromatic N) is 1. The summed E-state index contributed by atoms with van der Waals surface area (Å²) in [5.74, 6) is 0.429. The van der Waals surface area contributed by atoms with Crippen molar-refractivity contribution in [1.29, 1.82) is 0 Å². The van der Waals surface area contributed by atoms with Gasteiger partial charge >= 0.3 is 5.97 Å². The van der Waals surface area contributed by atoms with Crippen LogP contribution in [0.2, 0.25) is 0 Å². The zero-order valence-electron chi connectivity index (χ0n) is 8.99. The summed E-state index contributed by atoms with van der Waals surface area (Å²) in [7, 11) is 0. The molecule has 0 fully saturated rings. The molecule has 0 saturated heterocycles. The molecule has 3 nitrogen and oxygen atoms in total. The van der Waals surface area contributed by atoms with E-state index in [-0.39, 0.29) is 6.42 Å². The largest absolute Gasteiger partial charge is 0.481 e. The molecule has 1 aliphatic rings. The smallest absolute Gasteiger partial charge is 0.310 e. The van der Waals surface area contributed by atoms with Crippen molar-refractivity contribution in [3.05, 3.63) is 15.6 Å². The van der Waals surface area contributed by atoms with E-state index in [1.165, 1.54) is 11.3 Å². The molecule has 2 unspecified atom stereocenters. The highest BCUT2D eigenvalue weighted by atomic mass is 32.1. The van der Waals surface area contributed by atoms with Crippen LogP contribution < -0.4 is 0 Å². The Morgan fingerprint density at radius 3 is 3.00 bits per heavy atom.